The first-order valence-electron chi connectivity index (χ1n) is 9.54. The van der Waals surface area contributed by atoms with E-state index in [2.05, 4.69) is 29.5 Å². The Kier molecular flexibility index (Phi) is 5.40. The fraction of sp³-hybridized carbons (Fsp3) is 0.409. The SMILES string of the molecule is COc1nc(C(C)C)ccc1-c1nc2c(C)cn(CC(C)C(N)=O)c2cc1C. The van der Waals surface area contributed by atoms with E-state index in [9.17, 15) is 4.79 Å². The highest BCUT2D eigenvalue weighted by molar-refractivity contribution is 5.85. The maximum atomic E-state index is 11.5. The van der Waals surface area contributed by atoms with E-state index in [1.807, 2.05) is 39.1 Å². The number of pyridine rings is 2. The van der Waals surface area contributed by atoms with E-state index >= 15 is 0 Å². The van der Waals surface area contributed by atoms with Crippen molar-refractivity contribution in [1.29, 1.82) is 0 Å². The van der Waals surface area contributed by atoms with E-state index < -0.39 is 0 Å². The fourth-order valence-electron chi connectivity index (χ4n) is 3.39. The van der Waals surface area contributed by atoms with E-state index in [0.717, 1.165) is 39.1 Å². The molecule has 0 radical (unpaired) electrons. The van der Waals surface area contributed by atoms with E-state index in [1.54, 1.807) is 7.11 Å². The number of carbonyl (C=O) groups is 1. The quantitative estimate of drug-likeness (QED) is 0.701. The third kappa shape index (κ3) is 3.59. The van der Waals surface area contributed by atoms with E-state index in [-0.39, 0.29) is 11.8 Å². The number of methoxy groups -OCH3 is 1. The minimum absolute atomic E-state index is 0.247. The Morgan fingerprint density at radius 1 is 1.18 bits per heavy atom. The first-order chi connectivity index (χ1) is 13.2. The number of hydrogen-bond donors (Lipinski definition) is 1. The Balaban J connectivity index is 2.13. The zero-order valence-corrected chi connectivity index (χ0v) is 17.4. The van der Waals surface area contributed by atoms with Gasteiger partial charge in [0.25, 0.3) is 0 Å². The van der Waals surface area contributed by atoms with Crippen LogP contribution in [0.1, 0.15) is 43.5 Å². The minimum Gasteiger partial charge on any atom is -0.480 e. The van der Waals surface area contributed by atoms with Crippen LogP contribution in [0.15, 0.2) is 24.4 Å². The number of primary amides is 1. The second-order valence-electron chi connectivity index (χ2n) is 7.74. The monoisotopic (exact) mass is 380 g/mol. The number of aryl methyl sites for hydroxylation is 2. The highest BCUT2D eigenvalue weighted by Gasteiger charge is 2.18. The van der Waals surface area contributed by atoms with Crippen LogP contribution in [0.2, 0.25) is 0 Å². The molecular weight excluding hydrogens is 352 g/mol. The molecule has 0 saturated heterocycles. The molecule has 3 aromatic rings. The van der Waals surface area contributed by atoms with Crippen molar-refractivity contribution in [3.8, 4) is 17.1 Å². The summed E-state index contributed by atoms with van der Waals surface area (Å²) in [6.45, 7) is 10.6. The van der Waals surface area contributed by atoms with Crippen LogP contribution in [-0.2, 0) is 11.3 Å². The van der Waals surface area contributed by atoms with Gasteiger partial charge in [-0.1, -0.05) is 20.8 Å². The van der Waals surface area contributed by atoms with Crippen molar-refractivity contribution >= 4 is 16.9 Å². The molecule has 148 valence electrons. The number of hydrogen-bond acceptors (Lipinski definition) is 4. The summed E-state index contributed by atoms with van der Waals surface area (Å²) in [7, 11) is 1.64. The number of aromatic nitrogens is 3. The van der Waals surface area contributed by atoms with Crippen molar-refractivity contribution in [2.75, 3.05) is 7.11 Å². The second kappa shape index (κ2) is 7.62. The van der Waals surface area contributed by atoms with Crippen LogP contribution in [0, 0.1) is 19.8 Å². The lowest BCUT2D eigenvalue weighted by atomic mass is 10.0. The highest BCUT2D eigenvalue weighted by atomic mass is 16.5. The Labute approximate surface area is 165 Å². The van der Waals surface area contributed by atoms with Gasteiger partial charge in [-0.05, 0) is 49.1 Å². The summed E-state index contributed by atoms with van der Waals surface area (Å²) in [5, 5.41) is 0. The lowest BCUT2D eigenvalue weighted by molar-refractivity contribution is -0.121. The van der Waals surface area contributed by atoms with Crippen LogP contribution in [0.5, 0.6) is 5.88 Å². The number of nitrogens with zero attached hydrogens (tertiary/aromatic N) is 3. The summed E-state index contributed by atoms with van der Waals surface area (Å²) in [5.41, 5.74) is 12.2. The van der Waals surface area contributed by atoms with Crippen LogP contribution in [0.3, 0.4) is 0 Å². The molecule has 0 spiro atoms. The predicted molar refractivity (Wildman–Crippen MR) is 111 cm³/mol. The molecule has 0 aliphatic rings. The lowest BCUT2D eigenvalue weighted by Gasteiger charge is -2.14. The number of ether oxygens (including phenoxy) is 1. The van der Waals surface area contributed by atoms with Crippen molar-refractivity contribution in [1.82, 2.24) is 14.5 Å². The lowest BCUT2D eigenvalue weighted by Crippen LogP contribution is -2.24. The summed E-state index contributed by atoms with van der Waals surface area (Å²) in [6, 6.07) is 6.17. The predicted octanol–water partition coefficient (Wildman–Crippen LogP) is 3.97. The van der Waals surface area contributed by atoms with E-state index in [4.69, 9.17) is 15.5 Å². The number of nitrogens with two attached hydrogens (primary N) is 1. The summed E-state index contributed by atoms with van der Waals surface area (Å²) in [6.07, 6.45) is 2.03. The molecule has 1 amide bonds. The Bertz CT molecular complexity index is 1040. The summed E-state index contributed by atoms with van der Waals surface area (Å²) in [4.78, 5) is 21.1. The van der Waals surface area contributed by atoms with Gasteiger partial charge in [-0.2, -0.15) is 0 Å². The summed E-state index contributed by atoms with van der Waals surface area (Å²) >= 11 is 0. The van der Waals surface area contributed by atoms with Crippen LogP contribution < -0.4 is 10.5 Å². The van der Waals surface area contributed by atoms with Crippen molar-refractivity contribution in [2.24, 2.45) is 11.7 Å². The van der Waals surface area contributed by atoms with Gasteiger partial charge in [0.05, 0.1) is 35.3 Å². The number of carbonyl (C=O) groups excluding carboxylic acids is 1. The van der Waals surface area contributed by atoms with Gasteiger partial charge >= 0.3 is 0 Å². The van der Waals surface area contributed by atoms with Crippen molar-refractivity contribution in [3.05, 3.63) is 41.2 Å². The Hall–Kier alpha value is -2.89. The number of amides is 1. The molecule has 0 bridgehead atoms. The third-order valence-corrected chi connectivity index (χ3v) is 5.10. The third-order valence-electron chi connectivity index (χ3n) is 5.10. The molecule has 6 heteroatoms. The highest BCUT2D eigenvalue weighted by Crippen LogP contribution is 2.33. The van der Waals surface area contributed by atoms with Crippen molar-refractivity contribution in [2.45, 2.75) is 47.1 Å². The zero-order valence-electron chi connectivity index (χ0n) is 17.4. The maximum absolute atomic E-state index is 11.5. The molecule has 0 aliphatic carbocycles. The van der Waals surface area contributed by atoms with Gasteiger partial charge in [-0.25, -0.2) is 9.97 Å². The van der Waals surface area contributed by atoms with Crippen LogP contribution in [0.25, 0.3) is 22.3 Å². The fourth-order valence-corrected chi connectivity index (χ4v) is 3.39. The molecule has 1 unspecified atom stereocenters. The molecule has 1 atom stereocenters. The minimum atomic E-state index is -0.304. The van der Waals surface area contributed by atoms with Crippen molar-refractivity contribution in [3.63, 3.8) is 0 Å². The molecule has 28 heavy (non-hydrogen) atoms. The van der Waals surface area contributed by atoms with Gasteiger partial charge in [0.15, 0.2) is 0 Å². The molecule has 0 aliphatic heterocycles. The van der Waals surface area contributed by atoms with Crippen LogP contribution in [0.4, 0.5) is 0 Å². The molecule has 3 heterocycles. The molecule has 0 saturated carbocycles. The maximum Gasteiger partial charge on any atom is 0.222 e. The first-order valence-corrected chi connectivity index (χ1v) is 9.54. The topological polar surface area (TPSA) is 83.0 Å². The molecule has 0 fully saturated rings. The number of fused-ring (bicyclic) bond motifs is 1. The average Bonchev–Trinajstić information content (AvgIpc) is 2.95. The van der Waals surface area contributed by atoms with Crippen LogP contribution in [-0.4, -0.2) is 27.6 Å². The van der Waals surface area contributed by atoms with E-state index in [0.29, 0.717) is 18.3 Å². The van der Waals surface area contributed by atoms with Gasteiger partial charge in [0, 0.05) is 18.4 Å². The smallest absolute Gasteiger partial charge is 0.222 e. The van der Waals surface area contributed by atoms with Gasteiger partial charge < -0.3 is 15.0 Å². The van der Waals surface area contributed by atoms with Crippen molar-refractivity contribution < 1.29 is 9.53 Å². The average molecular weight is 380 g/mol. The summed E-state index contributed by atoms with van der Waals surface area (Å²) < 4.78 is 7.62. The standard InChI is InChI=1S/C22H28N4O2/c1-12(2)17-8-7-16(22(24-17)28-6)19-13(3)9-18-20(25-19)14(4)10-26(18)11-15(5)21(23)27/h7-10,12,15H,11H2,1-6H3,(H2,23,27). The van der Waals surface area contributed by atoms with E-state index in [1.165, 1.54) is 0 Å². The Morgan fingerprint density at radius 2 is 1.89 bits per heavy atom. The van der Waals surface area contributed by atoms with Gasteiger partial charge in [0.2, 0.25) is 11.8 Å². The summed E-state index contributed by atoms with van der Waals surface area (Å²) in [5.74, 6) is 0.355. The molecule has 3 aromatic heterocycles. The zero-order chi connectivity index (χ0) is 20.6. The Morgan fingerprint density at radius 3 is 2.50 bits per heavy atom. The van der Waals surface area contributed by atoms with Gasteiger partial charge in [-0.3, -0.25) is 4.79 Å². The number of rotatable bonds is 6. The molecule has 6 nitrogen and oxygen atoms in total. The van der Waals surface area contributed by atoms with Crippen LogP contribution >= 0.6 is 0 Å². The second-order valence-corrected chi connectivity index (χ2v) is 7.74. The molecule has 3 rings (SSSR count). The van der Waals surface area contributed by atoms with Gasteiger partial charge in [0.1, 0.15) is 0 Å². The van der Waals surface area contributed by atoms with Gasteiger partial charge in [-0.15, -0.1) is 0 Å². The molecule has 0 aromatic carbocycles. The molecular formula is C22H28N4O2. The first kappa shape index (κ1) is 19.9. The largest absolute Gasteiger partial charge is 0.480 e. The normalized spacial score (nSPS) is 12.5. The molecule has 2 N–H and O–H groups in total.